The van der Waals surface area contributed by atoms with Gasteiger partial charge in [-0.3, -0.25) is 4.79 Å². The van der Waals surface area contributed by atoms with Crippen molar-refractivity contribution in [1.29, 1.82) is 0 Å². The second kappa shape index (κ2) is 9.40. The second-order valence-corrected chi connectivity index (χ2v) is 6.14. The SMILES string of the molecule is COC(=O)COc1ccc(NC(=O)CNCC2CC2)c2ccccc12.Cl. The molecule has 1 fully saturated rings. The van der Waals surface area contributed by atoms with Gasteiger partial charge in [-0.1, -0.05) is 24.3 Å². The van der Waals surface area contributed by atoms with Crippen molar-refractivity contribution in [2.45, 2.75) is 12.8 Å². The fourth-order valence-electron chi connectivity index (χ4n) is 2.61. The number of rotatable bonds is 8. The summed E-state index contributed by atoms with van der Waals surface area (Å²) < 4.78 is 10.1. The Morgan fingerprint density at radius 3 is 2.54 bits per heavy atom. The quantitative estimate of drug-likeness (QED) is 0.691. The Kier molecular flexibility index (Phi) is 7.24. The van der Waals surface area contributed by atoms with Crippen LogP contribution in [0.15, 0.2) is 36.4 Å². The Morgan fingerprint density at radius 2 is 1.85 bits per heavy atom. The molecule has 0 unspecified atom stereocenters. The number of carbonyl (C=O) groups excluding carboxylic acids is 2. The third kappa shape index (κ3) is 5.34. The molecule has 0 heterocycles. The molecule has 1 aliphatic carbocycles. The van der Waals surface area contributed by atoms with E-state index in [0.717, 1.165) is 28.9 Å². The summed E-state index contributed by atoms with van der Waals surface area (Å²) in [7, 11) is 1.32. The second-order valence-electron chi connectivity index (χ2n) is 6.14. The third-order valence-corrected chi connectivity index (χ3v) is 4.15. The molecule has 2 aromatic rings. The molecule has 0 aromatic heterocycles. The lowest BCUT2D eigenvalue weighted by molar-refractivity contribution is -0.142. The number of hydrogen-bond acceptors (Lipinski definition) is 5. The lowest BCUT2D eigenvalue weighted by atomic mass is 10.1. The number of amides is 1. The van der Waals surface area contributed by atoms with E-state index < -0.39 is 5.97 Å². The Hall–Kier alpha value is -2.31. The Morgan fingerprint density at radius 1 is 1.12 bits per heavy atom. The van der Waals surface area contributed by atoms with Crippen LogP contribution in [0.1, 0.15) is 12.8 Å². The van der Waals surface area contributed by atoms with Gasteiger partial charge >= 0.3 is 5.97 Å². The van der Waals surface area contributed by atoms with Crippen molar-refractivity contribution in [3.8, 4) is 5.75 Å². The number of esters is 1. The summed E-state index contributed by atoms with van der Waals surface area (Å²) >= 11 is 0. The van der Waals surface area contributed by atoms with Gasteiger partial charge in [0.15, 0.2) is 6.61 Å². The van der Waals surface area contributed by atoms with E-state index in [1.165, 1.54) is 20.0 Å². The molecule has 0 aliphatic heterocycles. The van der Waals surface area contributed by atoms with Crippen LogP contribution < -0.4 is 15.4 Å². The highest BCUT2D eigenvalue weighted by molar-refractivity contribution is 6.04. The maximum absolute atomic E-state index is 12.1. The maximum atomic E-state index is 12.1. The molecule has 1 aliphatic rings. The maximum Gasteiger partial charge on any atom is 0.343 e. The monoisotopic (exact) mass is 378 g/mol. The van der Waals surface area contributed by atoms with Crippen molar-refractivity contribution >= 4 is 40.7 Å². The van der Waals surface area contributed by atoms with E-state index in [1.807, 2.05) is 24.3 Å². The molecule has 3 rings (SSSR count). The van der Waals surface area contributed by atoms with Crippen LogP contribution in [0.3, 0.4) is 0 Å². The molecule has 0 bridgehead atoms. The minimum atomic E-state index is -0.441. The highest BCUT2D eigenvalue weighted by Crippen LogP contribution is 2.31. The van der Waals surface area contributed by atoms with E-state index in [9.17, 15) is 9.59 Å². The van der Waals surface area contributed by atoms with Crippen LogP contribution in [0, 0.1) is 5.92 Å². The molecule has 1 amide bonds. The predicted octanol–water partition coefficient (Wildman–Crippen LogP) is 2.75. The van der Waals surface area contributed by atoms with Crippen molar-refractivity contribution in [2.24, 2.45) is 5.92 Å². The van der Waals surface area contributed by atoms with Crippen LogP contribution in [-0.4, -0.2) is 38.7 Å². The van der Waals surface area contributed by atoms with E-state index >= 15 is 0 Å². The first-order chi connectivity index (χ1) is 12.2. The molecule has 7 heteroatoms. The van der Waals surface area contributed by atoms with Crippen LogP contribution in [-0.2, 0) is 14.3 Å². The first-order valence-corrected chi connectivity index (χ1v) is 8.39. The summed E-state index contributed by atoms with van der Waals surface area (Å²) in [5.41, 5.74) is 0.722. The van der Waals surface area contributed by atoms with E-state index in [2.05, 4.69) is 15.4 Å². The number of hydrogen-bond donors (Lipinski definition) is 2. The summed E-state index contributed by atoms with van der Waals surface area (Å²) in [4.78, 5) is 23.4. The van der Waals surface area contributed by atoms with Gasteiger partial charge in [-0.15, -0.1) is 12.4 Å². The highest BCUT2D eigenvalue weighted by atomic mass is 35.5. The number of methoxy groups -OCH3 is 1. The van der Waals surface area contributed by atoms with E-state index in [4.69, 9.17) is 4.74 Å². The van der Waals surface area contributed by atoms with E-state index in [-0.39, 0.29) is 24.9 Å². The first kappa shape index (κ1) is 20.0. The summed E-state index contributed by atoms with van der Waals surface area (Å²) in [6, 6.07) is 11.1. The van der Waals surface area contributed by atoms with Crippen molar-refractivity contribution in [2.75, 3.05) is 32.1 Å². The fourth-order valence-corrected chi connectivity index (χ4v) is 2.61. The van der Waals surface area contributed by atoms with E-state index in [0.29, 0.717) is 12.3 Å². The zero-order chi connectivity index (χ0) is 17.6. The van der Waals surface area contributed by atoms with Gasteiger partial charge in [-0.25, -0.2) is 4.79 Å². The number of ether oxygens (including phenoxy) is 2. The Labute approximate surface area is 158 Å². The molecule has 6 nitrogen and oxygen atoms in total. The van der Waals surface area contributed by atoms with Crippen LogP contribution in [0.25, 0.3) is 10.8 Å². The molecule has 0 saturated heterocycles. The van der Waals surface area contributed by atoms with Gasteiger partial charge in [0.1, 0.15) is 5.75 Å². The topological polar surface area (TPSA) is 76.7 Å². The molecule has 26 heavy (non-hydrogen) atoms. The normalized spacial score (nSPS) is 13.0. The third-order valence-electron chi connectivity index (χ3n) is 4.15. The fraction of sp³-hybridized carbons (Fsp3) is 0.368. The molecule has 2 N–H and O–H groups in total. The average Bonchev–Trinajstić information content (AvgIpc) is 3.45. The van der Waals surface area contributed by atoms with Crippen LogP contribution >= 0.6 is 12.4 Å². The van der Waals surface area contributed by atoms with Crippen molar-refractivity contribution in [3.05, 3.63) is 36.4 Å². The number of fused-ring (bicyclic) bond motifs is 1. The minimum Gasteiger partial charge on any atom is -0.481 e. The summed E-state index contributed by atoms with van der Waals surface area (Å²) in [5, 5.41) is 7.80. The molecule has 0 spiro atoms. The van der Waals surface area contributed by atoms with Crippen molar-refractivity contribution < 1.29 is 19.1 Å². The minimum absolute atomic E-state index is 0. The number of nitrogens with one attached hydrogen (secondary N) is 2. The van der Waals surface area contributed by atoms with Gasteiger partial charge < -0.3 is 20.1 Å². The van der Waals surface area contributed by atoms with Gasteiger partial charge in [-0.2, -0.15) is 0 Å². The number of carbonyl (C=O) groups is 2. The standard InChI is InChI=1S/C19H22N2O4.ClH/c1-24-19(23)12-25-17-9-8-16(14-4-2-3-5-15(14)17)21-18(22)11-20-10-13-6-7-13;/h2-5,8-9,13,20H,6-7,10-12H2,1H3,(H,21,22);1H. The average molecular weight is 379 g/mol. The molecular formula is C19H23ClN2O4. The molecule has 2 aromatic carbocycles. The van der Waals surface area contributed by atoms with Crippen LogP contribution in [0.4, 0.5) is 5.69 Å². The van der Waals surface area contributed by atoms with Gasteiger partial charge in [0.05, 0.1) is 13.7 Å². The van der Waals surface area contributed by atoms with Crippen LogP contribution in [0.2, 0.25) is 0 Å². The molecule has 0 atom stereocenters. The zero-order valence-corrected chi connectivity index (χ0v) is 15.4. The molecule has 0 radical (unpaired) electrons. The largest absolute Gasteiger partial charge is 0.481 e. The number of anilines is 1. The van der Waals surface area contributed by atoms with Gasteiger partial charge in [0.25, 0.3) is 0 Å². The lowest BCUT2D eigenvalue weighted by Gasteiger charge is -2.13. The number of benzene rings is 2. The Balaban J connectivity index is 0.00000243. The number of halogens is 1. The molecule has 140 valence electrons. The van der Waals surface area contributed by atoms with Gasteiger partial charge in [-0.05, 0) is 37.4 Å². The summed E-state index contributed by atoms with van der Waals surface area (Å²) in [6.45, 7) is 1.04. The van der Waals surface area contributed by atoms with Crippen molar-refractivity contribution in [3.63, 3.8) is 0 Å². The zero-order valence-electron chi connectivity index (χ0n) is 14.6. The first-order valence-electron chi connectivity index (χ1n) is 8.39. The van der Waals surface area contributed by atoms with Gasteiger partial charge in [0.2, 0.25) is 5.91 Å². The molecular weight excluding hydrogens is 356 g/mol. The van der Waals surface area contributed by atoms with Crippen molar-refractivity contribution in [1.82, 2.24) is 5.32 Å². The summed E-state index contributed by atoms with van der Waals surface area (Å²) in [6.07, 6.45) is 2.51. The highest BCUT2D eigenvalue weighted by Gasteiger charge is 2.20. The lowest BCUT2D eigenvalue weighted by Crippen LogP contribution is -2.29. The van der Waals surface area contributed by atoms with E-state index in [1.54, 1.807) is 12.1 Å². The van der Waals surface area contributed by atoms with Crippen LogP contribution in [0.5, 0.6) is 5.75 Å². The molecule has 1 saturated carbocycles. The van der Waals surface area contributed by atoms with Gasteiger partial charge in [0, 0.05) is 16.5 Å². The summed E-state index contributed by atoms with van der Waals surface area (Å²) in [5.74, 6) is 0.794. The predicted molar refractivity (Wildman–Crippen MR) is 103 cm³/mol. The Bertz CT molecular complexity index is 777. The smallest absolute Gasteiger partial charge is 0.343 e.